The number of rotatable bonds is 4. The summed E-state index contributed by atoms with van der Waals surface area (Å²) in [6, 6.07) is 14.3. The number of hydrogen-bond donors (Lipinski definition) is 1. The Hall–Kier alpha value is -2.07. The van der Waals surface area contributed by atoms with Crippen LogP contribution in [0.1, 0.15) is 23.8 Å². The van der Waals surface area contributed by atoms with Crippen molar-refractivity contribution in [1.82, 2.24) is 9.78 Å². The first kappa shape index (κ1) is 13.9. The summed E-state index contributed by atoms with van der Waals surface area (Å²) in [6.07, 6.45) is 2.01. The maximum Gasteiger partial charge on any atom is 0.131 e. The molecule has 2 heterocycles. The average molecular weight is 297 g/mol. The van der Waals surface area contributed by atoms with E-state index in [9.17, 15) is 0 Å². The summed E-state index contributed by atoms with van der Waals surface area (Å²) < 4.78 is 1.86. The van der Waals surface area contributed by atoms with Gasteiger partial charge in [0.1, 0.15) is 11.5 Å². The highest BCUT2D eigenvalue weighted by atomic mass is 32.1. The highest BCUT2D eigenvalue weighted by molar-refractivity contribution is 7.15. The molecular weight excluding hydrogens is 278 g/mol. The van der Waals surface area contributed by atoms with Gasteiger partial charge >= 0.3 is 0 Å². The lowest BCUT2D eigenvalue weighted by atomic mass is 10.1. The summed E-state index contributed by atoms with van der Waals surface area (Å²) in [5, 5.41) is 4.78. The van der Waals surface area contributed by atoms with Gasteiger partial charge in [-0.05, 0) is 37.6 Å². The zero-order valence-corrected chi connectivity index (χ0v) is 13.2. The van der Waals surface area contributed by atoms with Crippen molar-refractivity contribution in [2.75, 3.05) is 5.73 Å². The van der Waals surface area contributed by atoms with Crippen molar-refractivity contribution in [3.63, 3.8) is 0 Å². The Morgan fingerprint density at radius 1 is 1.14 bits per heavy atom. The molecule has 0 unspecified atom stereocenters. The number of aryl methyl sites for hydroxylation is 1. The van der Waals surface area contributed by atoms with Gasteiger partial charge in [0.25, 0.3) is 0 Å². The second kappa shape index (κ2) is 5.74. The molecule has 108 valence electrons. The minimum absolute atomic E-state index is 0.754. The number of para-hydroxylation sites is 1. The summed E-state index contributed by atoms with van der Waals surface area (Å²) in [7, 11) is 0. The monoisotopic (exact) mass is 297 g/mol. The minimum atomic E-state index is 0.754. The van der Waals surface area contributed by atoms with E-state index in [-0.39, 0.29) is 0 Å². The third-order valence-electron chi connectivity index (χ3n) is 3.50. The van der Waals surface area contributed by atoms with Gasteiger partial charge in [-0.2, -0.15) is 5.10 Å². The SMILES string of the molecule is CCCc1c(-c2ccc(C)s2)nn(-c2ccccc2)c1N. The Morgan fingerprint density at radius 2 is 1.90 bits per heavy atom. The first-order valence-corrected chi connectivity index (χ1v) is 8.02. The summed E-state index contributed by atoms with van der Waals surface area (Å²) in [6.45, 7) is 4.29. The molecule has 4 heteroatoms. The number of nitrogens with two attached hydrogens (primary N) is 1. The van der Waals surface area contributed by atoms with Gasteiger partial charge in [0.2, 0.25) is 0 Å². The van der Waals surface area contributed by atoms with Gasteiger partial charge in [0.05, 0.1) is 10.6 Å². The van der Waals surface area contributed by atoms with Crippen LogP contribution >= 0.6 is 11.3 Å². The molecule has 0 bridgehead atoms. The fourth-order valence-electron chi connectivity index (χ4n) is 2.49. The van der Waals surface area contributed by atoms with E-state index in [4.69, 9.17) is 10.8 Å². The van der Waals surface area contributed by atoms with E-state index >= 15 is 0 Å². The molecule has 0 atom stereocenters. The number of hydrogen-bond acceptors (Lipinski definition) is 3. The van der Waals surface area contributed by atoms with Crippen LogP contribution in [0.5, 0.6) is 0 Å². The van der Waals surface area contributed by atoms with E-state index in [2.05, 4.69) is 26.0 Å². The topological polar surface area (TPSA) is 43.8 Å². The first-order valence-electron chi connectivity index (χ1n) is 7.20. The first-order chi connectivity index (χ1) is 10.2. The van der Waals surface area contributed by atoms with Crippen molar-refractivity contribution in [3.8, 4) is 16.3 Å². The molecule has 3 nitrogen and oxygen atoms in total. The van der Waals surface area contributed by atoms with Gasteiger partial charge in [0, 0.05) is 10.4 Å². The molecule has 21 heavy (non-hydrogen) atoms. The fraction of sp³-hybridized carbons (Fsp3) is 0.235. The van der Waals surface area contributed by atoms with Gasteiger partial charge in [-0.15, -0.1) is 11.3 Å². The zero-order valence-electron chi connectivity index (χ0n) is 12.3. The predicted octanol–water partition coefficient (Wildman–Crippen LogP) is 4.44. The number of nitrogen functional groups attached to an aromatic ring is 1. The number of anilines is 1. The standard InChI is InChI=1S/C17H19N3S/c1-3-7-14-16(15-11-10-12(2)21-15)19-20(17(14)18)13-8-5-4-6-9-13/h4-6,8-11H,3,7,18H2,1-2H3. The van der Waals surface area contributed by atoms with Crippen LogP contribution in [-0.2, 0) is 6.42 Å². The Bertz CT molecular complexity index is 741. The lowest BCUT2D eigenvalue weighted by Gasteiger charge is -2.04. The third kappa shape index (κ3) is 2.59. The molecule has 0 fully saturated rings. The predicted molar refractivity (Wildman–Crippen MR) is 90.0 cm³/mol. The number of nitrogens with zero attached hydrogens (tertiary/aromatic N) is 2. The quantitative estimate of drug-likeness (QED) is 0.773. The van der Waals surface area contributed by atoms with Crippen LogP contribution in [0.2, 0.25) is 0 Å². The van der Waals surface area contributed by atoms with Crippen molar-refractivity contribution >= 4 is 17.2 Å². The molecule has 0 saturated heterocycles. The zero-order chi connectivity index (χ0) is 14.8. The highest BCUT2D eigenvalue weighted by Crippen LogP contribution is 2.34. The molecule has 0 aliphatic rings. The van der Waals surface area contributed by atoms with E-state index in [1.54, 1.807) is 11.3 Å². The summed E-state index contributed by atoms with van der Waals surface area (Å²) >= 11 is 1.77. The van der Waals surface area contributed by atoms with Crippen molar-refractivity contribution < 1.29 is 0 Å². The van der Waals surface area contributed by atoms with Gasteiger partial charge in [0.15, 0.2) is 0 Å². The lowest BCUT2D eigenvalue weighted by molar-refractivity contribution is 0.893. The van der Waals surface area contributed by atoms with Crippen molar-refractivity contribution in [2.24, 2.45) is 0 Å². The Balaban J connectivity index is 2.16. The second-order valence-corrected chi connectivity index (χ2v) is 6.41. The van der Waals surface area contributed by atoms with Crippen molar-refractivity contribution in [1.29, 1.82) is 0 Å². The number of benzene rings is 1. The van der Waals surface area contributed by atoms with E-state index in [0.717, 1.165) is 35.6 Å². The summed E-state index contributed by atoms with van der Waals surface area (Å²) in [5.41, 5.74) is 9.56. The van der Waals surface area contributed by atoms with E-state index in [0.29, 0.717) is 0 Å². The van der Waals surface area contributed by atoms with E-state index in [1.807, 2.05) is 35.0 Å². The van der Waals surface area contributed by atoms with Gasteiger partial charge in [-0.1, -0.05) is 31.5 Å². The van der Waals surface area contributed by atoms with Crippen LogP contribution in [0.4, 0.5) is 5.82 Å². The van der Waals surface area contributed by atoms with Crippen molar-refractivity contribution in [3.05, 3.63) is 52.9 Å². The third-order valence-corrected chi connectivity index (χ3v) is 4.51. The van der Waals surface area contributed by atoms with Crippen LogP contribution in [-0.4, -0.2) is 9.78 Å². The van der Waals surface area contributed by atoms with E-state index in [1.165, 1.54) is 9.75 Å². The fourth-order valence-corrected chi connectivity index (χ4v) is 3.37. The average Bonchev–Trinajstić information content (AvgIpc) is 3.06. The molecule has 0 saturated carbocycles. The molecule has 0 aliphatic carbocycles. The largest absolute Gasteiger partial charge is 0.383 e. The Morgan fingerprint density at radius 3 is 2.52 bits per heavy atom. The molecule has 1 aromatic carbocycles. The van der Waals surface area contributed by atoms with Crippen molar-refractivity contribution in [2.45, 2.75) is 26.7 Å². The molecule has 0 spiro atoms. The smallest absolute Gasteiger partial charge is 0.131 e. The van der Waals surface area contributed by atoms with Crippen LogP contribution in [0.3, 0.4) is 0 Å². The number of thiophene rings is 1. The van der Waals surface area contributed by atoms with Crippen LogP contribution in [0, 0.1) is 6.92 Å². The normalized spacial score (nSPS) is 11.0. The molecule has 0 aliphatic heterocycles. The maximum absolute atomic E-state index is 6.37. The molecule has 2 aromatic heterocycles. The van der Waals surface area contributed by atoms with Gasteiger partial charge in [-0.3, -0.25) is 0 Å². The molecule has 3 rings (SSSR count). The molecule has 0 radical (unpaired) electrons. The van der Waals surface area contributed by atoms with Crippen LogP contribution < -0.4 is 5.73 Å². The second-order valence-electron chi connectivity index (χ2n) is 5.12. The molecule has 2 N–H and O–H groups in total. The highest BCUT2D eigenvalue weighted by Gasteiger charge is 2.18. The van der Waals surface area contributed by atoms with E-state index < -0.39 is 0 Å². The van der Waals surface area contributed by atoms with Crippen LogP contribution in [0.15, 0.2) is 42.5 Å². The maximum atomic E-state index is 6.37. The minimum Gasteiger partial charge on any atom is -0.383 e. The Kier molecular flexibility index (Phi) is 3.80. The summed E-state index contributed by atoms with van der Waals surface area (Å²) in [5.74, 6) is 0.754. The molecule has 0 amide bonds. The van der Waals surface area contributed by atoms with Gasteiger partial charge < -0.3 is 5.73 Å². The molecular formula is C17H19N3S. The number of aromatic nitrogens is 2. The van der Waals surface area contributed by atoms with Crippen LogP contribution in [0.25, 0.3) is 16.3 Å². The lowest BCUT2D eigenvalue weighted by Crippen LogP contribution is -2.02. The molecule has 3 aromatic rings. The van der Waals surface area contributed by atoms with Gasteiger partial charge in [-0.25, -0.2) is 4.68 Å². The summed E-state index contributed by atoms with van der Waals surface area (Å²) in [4.78, 5) is 2.48. The Labute approximate surface area is 129 Å².